The van der Waals surface area contributed by atoms with Gasteiger partial charge in [-0.2, -0.15) is 0 Å². The molecule has 0 aromatic carbocycles. The molecule has 1 aliphatic rings. The van der Waals surface area contributed by atoms with Crippen LogP contribution in [0.2, 0.25) is 0 Å². The second-order valence-corrected chi connectivity index (χ2v) is 2.89. The Balaban J connectivity index is 0.000000187. The van der Waals surface area contributed by atoms with Crippen molar-refractivity contribution in [2.75, 3.05) is 26.2 Å². The number of rotatable bonds is 1. The molecule has 1 unspecified atom stereocenters. The molecular formula is C8H21N3. The predicted molar refractivity (Wildman–Crippen MR) is 49.7 cm³/mol. The van der Waals surface area contributed by atoms with Gasteiger partial charge in [-0.25, -0.2) is 0 Å². The van der Waals surface area contributed by atoms with E-state index < -0.39 is 0 Å². The van der Waals surface area contributed by atoms with Crippen LogP contribution in [0.5, 0.6) is 0 Å². The van der Waals surface area contributed by atoms with Gasteiger partial charge < -0.3 is 16.4 Å². The van der Waals surface area contributed by atoms with Crippen LogP contribution in [0.4, 0.5) is 0 Å². The fraction of sp³-hybridized carbons (Fsp3) is 1.00. The van der Waals surface area contributed by atoms with Crippen molar-refractivity contribution in [2.24, 2.45) is 5.73 Å². The highest BCUT2D eigenvalue weighted by atomic mass is 15.0. The maximum Gasteiger partial charge on any atom is 0.00772 e. The van der Waals surface area contributed by atoms with E-state index in [0.29, 0.717) is 6.04 Å². The van der Waals surface area contributed by atoms with Crippen molar-refractivity contribution in [1.29, 1.82) is 0 Å². The van der Waals surface area contributed by atoms with Crippen LogP contribution in [0.25, 0.3) is 0 Å². The van der Waals surface area contributed by atoms with Crippen molar-refractivity contribution in [1.82, 2.24) is 10.6 Å². The minimum atomic E-state index is 0.384. The molecule has 0 aromatic rings. The summed E-state index contributed by atoms with van der Waals surface area (Å²) in [5.74, 6) is 0. The average molecular weight is 159 g/mol. The summed E-state index contributed by atoms with van der Waals surface area (Å²) in [4.78, 5) is 0. The Hall–Kier alpha value is -0.120. The molecule has 4 N–H and O–H groups in total. The average Bonchev–Trinajstić information content (AvgIpc) is 2.09. The van der Waals surface area contributed by atoms with E-state index in [1.54, 1.807) is 0 Å². The second-order valence-electron chi connectivity index (χ2n) is 2.89. The zero-order chi connectivity index (χ0) is 8.53. The molecule has 11 heavy (non-hydrogen) atoms. The van der Waals surface area contributed by atoms with E-state index >= 15 is 0 Å². The van der Waals surface area contributed by atoms with Crippen LogP contribution in [0.1, 0.15) is 20.3 Å². The van der Waals surface area contributed by atoms with Crippen molar-refractivity contribution in [2.45, 2.75) is 26.3 Å². The van der Waals surface area contributed by atoms with E-state index in [9.17, 15) is 0 Å². The summed E-state index contributed by atoms with van der Waals surface area (Å²) in [5.41, 5.74) is 5.29. The highest BCUT2D eigenvalue weighted by Gasteiger charge is 1.91. The van der Waals surface area contributed by atoms with Crippen LogP contribution in [-0.4, -0.2) is 32.2 Å². The topological polar surface area (TPSA) is 50.1 Å². The number of nitrogens with one attached hydrogen (secondary N) is 2. The molecule has 1 rings (SSSR count). The van der Waals surface area contributed by atoms with E-state index in [1.165, 1.54) is 0 Å². The zero-order valence-corrected chi connectivity index (χ0v) is 7.69. The number of hydrogen-bond donors (Lipinski definition) is 3. The molecule has 0 spiro atoms. The Labute approximate surface area is 69.7 Å². The second kappa shape index (κ2) is 7.98. The van der Waals surface area contributed by atoms with Crippen molar-refractivity contribution >= 4 is 0 Å². The summed E-state index contributed by atoms with van der Waals surface area (Å²) in [6, 6.07) is 0.384. The third-order valence-electron chi connectivity index (χ3n) is 1.60. The van der Waals surface area contributed by atoms with Crippen LogP contribution in [-0.2, 0) is 0 Å². The number of hydrogen-bond acceptors (Lipinski definition) is 3. The standard InChI is InChI=1S/C4H10N2.C4H11N/c1-2-6-4-3-5-1;1-3-4(2)5/h5-6H,1-4H2;4H,3,5H2,1-2H3. The maximum absolute atomic E-state index is 5.29. The summed E-state index contributed by atoms with van der Waals surface area (Å²) >= 11 is 0. The summed E-state index contributed by atoms with van der Waals surface area (Å²) in [6.45, 7) is 8.63. The Morgan fingerprint density at radius 1 is 1.18 bits per heavy atom. The molecule has 1 fully saturated rings. The van der Waals surface area contributed by atoms with Gasteiger partial charge in [-0.05, 0) is 13.3 Å². The molecule has 1 saturated heterocycles. The lowest BCUT2D eigenvalue weighted by molar-refractivity contribution is 0.534. The molecule has 0 aliphatic carbocycles. The molecule has 0 saturated carbocycles. The first-order valence-electron chi connectivity index (χ1n) is 4.44. The van der Waals surface area contributed by atoms with Gasteiger partial charge in [-0.1, -0.05) is 6.92 Å². The first-order chi connectivity index (χ1) is 5.27. The minimum Gasteiger partial charge on any atom is -0.328 e. The lowest BCUT2D eigenvalue weighted by Gasteiger charge is -2.11. The van der Waals surface area contributed by atoms with Gasteiger partial charge in [0.15, 0.2) is 0 Å². The van der Waals surface area contributed by atoms with Gasteiger partial charge in [-0.15, -0.1) is 0 Å². The Bertz CT molecular complexity index is 58.2. The minimum absolute atomic E-state index is 0.384. The smallest absolute Gasteiger partial charge is 0.00772 e. The first-order valence-corrected chi connectivity index (χ1v) is 4.44. The van der Waals surface area contributed by atoms with Gasteiger partial charge in [0.25, 0.3) is 0 Å². The van der Waals surface area contributed by atoms with E-state index in [1.807, 2.05) is 6.92 Å². The Morgan fingerprint density at radius 2 is 1.45 bits per heavy atom. The number of nitrogens with two attached hydrogens (primary N) is 1. The molecule has 68 valence electrons. The quantitative estimate of drug-likeness (QED) is 0.502. The van der Waals surface area contributed by atoms with Gasteiger partial charge in [0.2, 0.25) is 0 Å². The molecule has 3 nitrogen and oxygen atoms in total. The van der Waals surface area contributed by atoms with Gasteiger partial charge in [0.05, 0.1) is 0 Å². The molecule has 1 atom stereocenters. The molecular weight excluding hydrogens is 138 g/mol. The van der Waals surface area contributed by atoms with Crippen LogP contribution < -0.4 is 16.4 Å². The fourth-order valence-corrected chi connectivity index (χ4v) is 0.604. The van der Waals surface area contributed by atoms with Gasteiger partial charge in [0.1, 0.15) is 0 Å². The molecule has 1 aliphatic heterocycles. The Kier molecular flexibility index (Phi) is 7.89. The van der Waals surface area contributed by atoms with Crippen LogP contribution in [0, 0.1) is 0 Å². The highest BCUT2D eigenvalue weighted by Crippen LogP contribution is 1.77. The summed E-state index contributed by atoms with van der Waals surface area (Å²) in [5, 5.41) is 6.44. The molecule has 3 heteroatoms. The molecule has 0 amide bonds. The van der Waals surface area contributed by atoms with Crippen molar-refractivity contribution < 1.29 is 0 Å². The number of piperazine rings is 1. The van der Waals surface area contributed by atoms with E-state index in [-0.39, 0.29) is 0 Å². The third-order valence-corrected chi connectivity index (χ3v) is 1.60. The normalized spacial score (nSPS) is 19.9. The Morgan fingerprint density at radius 3 is 1.55 bits per heavy atom. The van der Waals surface area contributed by atoms with Crippen LogP contribution in [0.15, 0.2) is 0 Å². The highest BCUT2D eigenvalue weighted by molar-refractivity contribution is 4.59. The van der Waals surface area contributed by atoms with E-state index in [2.05, 4.69) is 17.6 Å². The van der Waals surface area contributed by atoms with Crippen LogP contribution in [0.3, 0.4) is 0 Å². The van der Waals surface area contributed by atoms with Gasteiger partial charge in [0, 0.05) is 32.2 Å². The summed E-state index contributed by atoms with van der Waals surface area (Å²) in [6.07, 6.45) is 1.08. The largest absolute Gasteiger partial charge is 0.328 e. The first kappa shape index (κ1) is 10.9. The van der Waals surface area contributed by atoms with Gasteiger partial charge >= 0.3 is 0 Å². The lowest BCUT2D eigenvalue weighted by atomic mass is 10.3. The molecule has 0 bridgehead atoms. The maximum atomic E-state index is 5.29. The van der Waals surface area contributed by atoms with Crippen molar-refractivity contribution in [3.05, 3.63) is 0 Å². The molecule has 1 heterocycles. The summed E-state index contributed by atoms with van der Waals surface area (Å²) < 4.78 is 0. The van der Waals surface area contributed by atoms with E-state index in [0.717, 1.165) is 32.6 Å². The monoisotopic (exact) mass is 159 g/mol. The zero-order valence-electron chi connectivity index (χ0n) is 7.69. The van der Waals surface area contributed by atoms with E-state index in [4.69, 9.17) is 5.73 Å². The summed E-state index contributed by atoms with van der Waals surface area (Å²) in [7, 11) is 0. The molecule has 0 aromatic heterocycles. The fourth-order valence-electron chi connectivity index (χ4n) is 0.604. The van der Waals surface area contributed by atoms with Gasteiger partial charge in [-0.3, -0.25) is 0 Å². The molecule has 0 radical (unpaired) electrons. The predicted octanol–water partition coefficient (Wildman–Crippen LogP) is -0.0772. The third kappa shape index (κ3) is 9.88. The lowest BCUT2D eigenvalue weighted by Crippen LogP contribution is -2.39. The van der Waals surface area contributed by atoms with Crippen molar-refractivity contribution in [3.63, 3.8) is 0 Å². The van der Waals surface area contributed by atoms with Crippen molar-refractivity contribution in [3.8, 4) is 0 Å². The SMILES string of the molecule is C1CNCCN1.CCC(C)N. The van der Waals surface area contributed by atoms with Crippen LogP contribution >= 0.6 is 0 Å².